The Hall–Kier alpha value is -1.24. The molecule has 1 aromatic rings. The number of carbonyl (C=O) groups is 2. The SMILES string of the molecule is COC(=O)CCSCc1cccc(NC(=O)CCN)c1.Cl. The molecule has 3 N–H and O–H groups in total. The number of hydrogen-bond acceptors (Lipinski definition) is 5. The van der Waals surface area contributed by atoms with Crippen molar-refractivity contribution >= 4 is 41.7 Å². The summed E-state index contributed by atoms with van der Waals surface area (Å²) in [6.07, 6.45) is 0.728. The topological polar surface area (TPSA) is 81.4 Å². The van der Waals surface area contributed by atoms with Crippen LogP contribution in [-0.4, -0.2) is 31.3 Å². The quantitative estimate of drug-likeness (QED) is 0.563. The van der Waals surface area contributed by atoms with Crippen LogP contribution in [0.4, 0.5) is 5.69 Å². The molecule has 0 aromatic heterocycles. The number of methoxy groups -OCH3 is 1. The second-order valence-electron chi connectivity index (χ2n) is 4.17. The highest BCUT2D eigenvalue weighted by atomic mass is 35.5. The van der Waals surface area contributed by atoms with Crippen molar-refractivity contribution in [1.82, 2.24) is 0 Å². The molecule has 0 fully saturated rings. The molecule has 21 heavy (non-hydrogen) atoms. The average molecular weight is 333 g/mol. The third-order valence-electron chi connectivity index (χ3n) is 2.53. The van der Waals surface area contributed by atoms with Gasteiger partial charge in [0.2, 0.25) is 5.91 Å². The molecule has 5 nitrogen and oxygen atoms in total. The van der Waals surface area contributed by atoms with Crippen molar-refractivity contribution in [2.24, 2.45) is 5.73 Å². The monoisotopic (exact) mass is 332 g/mol. The Balaban J connectivity index is 0.00000400. The van der Waals surface area contributed by atoms with E-state index in [1.807, 2.05) is 24.3 Å². The number of esters is 1. The van der Waals surface area contributed by atoms with E-state index in [1.165, 1.54) is 7.11 Å². The Kier molecular flexibility index (Phi) is 10.7. The number of thioether (sulfide) groups is 1. The van der Waals surface area contributed by atoms with Gasteiger partial charge in [-0.25, -0.2) is 0 Å². The van der Waals surface area contributed by atoms with E-state index >= 15 is 0 Å². The van der Waals surface area contributed by atoms with Gasteiger partial charge in [-0.1, -0.05) is 12.1 Å². The predicted molar refractivity (Wildman–Crippen MR) is 88.8 cm³/mol. The maximum Gasteiger partial charge on any atom is 0.306 e. The molecule has 1 aromatic carbocycles. The molecule has 1 amide bonds. The molecule has 0 unspecified atom stereocenters. The second-order valence-corrected chi connectivity index (χ2v) is 5.27. The maximum atomic E-state index is 11.4. The first-order valence-corrected chi connectivity index (χ1v) is 7.54. The Morgan fingerprint density at radius 3 is 2.76 bits per heavy atom. The van der Waals surface area contributed by atoms with Crippen molar-refractivity contribution in [3.63, 3.8) is 0 Å². The van der Waals surface area contributed by atoms with Crippen LogP contribution < -0.4 is 11.1 Å². The van der Waals surface area contributed by atoms with Gasteiger partial charge in [0.1, 0.15) is 0 Å². The summed E-state index contributed by atoms with van der Waals surface area (Å²) >= 11 is 1.65. The third-order valence-corrected chi connectivity index (χ3v) is 3.56. The summed E-state index contributed by atoms with van der Waals surface area (Å²) in [5.74, 6) is 1.23. The van der Waals surface area contributed by atoms with E-state index < -0.39 is 0 Å². The number of hydrogen-bond donors (Lipinski definition) is 2. The third kappa shape index (κ3) is 8.60. The Labute approximate surface area is 135 Å². The van der Waals surface area contributed by atoms with Gasteiger partial charge in [0, 0.05) is 30.2 Å². The van der Waals surface area contributed by atoms with Gasteiger partial charge >= 0.3 is 5.97 Å². The smallest absolute Gasteiger partial charge is 0.306 e. The lowest BCUT2D eigenvalue weighted by Crippen LogP contribution is -2.16. The predicted octanol–water partition coefficient (Wildman–Crippen LogP) is 2.19. The summed E-state index contributed by atoms with van der Waals surface area (Å²) < 4.78 is 4.58. The van der Waals surface area contributed by atoms with Crippen LogP contribution in [0.3, 0.4) is 0 Å². The van der Waals surface area contributed by atoms with Crippen molar-refractivity contribution in [3.05, 3.63) is 29.8 Å². The molecule has 0 radical (unpaired) electrons. The van der Waals surface area contributed by atoms with Crippen molar-refractivity contribution in [3.8, 4) is 0 Å². The van der Waals surface area contributed by atoms with Gasteiger partial charge in [-0.3, -0.25) is 9.59 Å². The van der Waals surface area contributed by atoms with Crippen molar-refractivity contribution in [1.29, 1.82) is 0 Å². The van der Waals surface area contributed by atoms with Crippen LogP contribution >= 0.6 is 24.2 Å². The number of rotatable bonds is 8. The summed E-state index contributed by atoms with van der Waals surface area (Å²) in [5, 5.41) is 2.80. The summed E-state index contributed by atoms with van der Waals surface area (Å²) in [5.41, 5.74) is 7.20. The summed E-state index contributed by atoms with van der Waals surface area (Å²) in [6.45, 7) is 0.342. The van der Waals surface area contributed by atoms with Crippen LogP contribution in [-0.2, 0) is 20.1 Å². The van der Waals surface area contributed by atoms with Gasteiger partial charge in [-0.15, -0.1) is 12.4 Å². The van der Waals surface area contributed by atoms with Crippen LogP contribution in [0.15, 0.2) is 24.3 Å². The molecule has 0 aliphatic heterocycles. The normalized spacial score (nSPS) is 9.62. The van der Waals surface area contributed by atoms with E-state index in [9.17, 15) is 9.59 Å². The number of halogens is 1. The number of nitrogens with one attached hydrogen (secondary N) is 1. The molecule has 1 rings (SSSR count). The number of anilines is 1. The Morgan fingerprint density at radius 1 is 1.33 bits per heavy atom. The molecule has 0 heterocycles. The fourth-order valence-corrected chi connectivity index (χ4v) is 2.41. The minimum absolute atomic E-state index is 0. The molecule has 7 heteroatoms. The van der Waals surface area contributed by atoms with Crippen LogP contribution in [0.1, 0.15) is 18.4 Å². The van der Waals surface area contributed by atoms with Crippen molar-refractivity contribution in [2.45, 2.75) is 18.6 Å². The second kappa shape index (κ2) is 11.4. The number of benzene rings is 1. The molecule has 0 aliphatic carbocycles. The number of carbonyl (C=O) groups excluding carboxylic acids is 2. The average Bonchev–Trinajstić information content (AvgIpc) is 2.44. The Bertz CT molecular complexity index is 458. The highest BCUT2D eigenvalue weighted by Gasteiger charge is 2.03. The van der Waals surface area contributed by atoms with Crippen molar-refractivity contribution in [2.75, 3.05) is 24.7 Å². The fourth-order valence-electron chi connectivity index (χ4n) is 1.54. The van der Waals surface area contributed by atoms with Gasteiger partial charge in [0.25, 0.3) is 0 Å². The van der Waals surface area contributed by atoms with E-state index in [4.69, 9.17) is 5.73 Å². The van der Waals surface area contributed by atoms with Crippen LogP contribution in [0.25, 0.3) is 0 Å². The summed E-state index contributed by atoms with van der Waals surface area (Å²) in [6, 6.07) is 7.66. The van der Waals surface area contributed by atoms with E-state index in [2.05, 4.69) is 10.1 Å². The van der Waals surface area contributed by atoms with E-state index in [0.29, 0.717) is 19.4 Å². The van der Waals surface area contributed by atoms with Gasteiger partial charge < -0.3 is 15.8 Å². The van der Waals surface area contributed by atoms with Gasteiger partial charge in [0.05, 0.1) is 13.5 Å². The molecule has 0 atom stereocenters. The molecular formula is C14H21ClN2O3S. The minimum Gasteiger partial charge on any atom is -0.469 e. The first kappa shape index (κ1) is 19.8. The molecule has 0 bridgehead atoms. The van der Waals surface area contributed by atoms with Gasteiger partial charge in [-0.2, -0.15) is 11.8 Å². The Morgan fingerprint density at radius 2 is 2.10 bits per heavy atom. The molecule has 0 saturated heterocycles. The largest absolute Gasteiger partial charge is 0.469 e. The first-order valence-electron chi connectivity index (χ1n) is 6.39. The fraction of sp³-hybridized carbons (Fsp3) is 0.429. The van der Waals surface area contributed by atoms with E-state index in [1.54, 1.807) is 11.8 Å². The lowest BCUT2D eigenvalue weighted by atomic mass is 10.2. The van der Waals surface area contributed by atoms with Crippen LogP contribution in [0.2, 0.25) is 0 Å². The molecule has 0 aliphatic rings. The van der Waals surface area contributed by atoms with Crippen molar-refractivity contribution < 1.29 is 14.3 Å². The lowest BCUT2D eigenvalue weighted by molar-refractivity contribution is -0.140. The molecule has 118 valence electrons. The van der Waals surface area contributed by atoms with E-state index in [-0.39, 0.29) is 24.3 Å². The van der Waals surface area contributed by atoms with E-state index in [0.717, 1.165) is 22.8 Å². The van der Waals surface area contributed by atoms with Gasteiger partial charge in [0.15, 0.2) is 0 Å². The minimum atomic E-state index is -0.194. The number of amides is 1. The molecular weight excluding hydrogens is 312 g/mol. The summed E-state index contributed by atoms with van der Waals surface area (Å²) in [4.78, 5) is 22.4. The lowest BCUT2D eigenvalue weighted by Gasteiger charge is -2.07. The highest BCUT2D eigenvalue weighted by Crippen LogP contribution is 2.17. The number of ether oxygens (including phenoxy) is 1. The highest BCUT2D eigenvalue weighted by molar-refractivity contribution is 7.98. The van der Waals surface area contributed by atoms with Crippen LogP contribution in [0.5, 0.6) is 0 Å². The summed E-state index contributed by atoms with van der Waals surface area (Å²) in [7, 11) is 1.39. The first-order chi connectivity index (χ1) is 9.65. The van der Waals surface area contributed by atoms with Gasteiger partial charge in [-0.05, 0) is 17.7 Å². The zero-order valence-electron chi connectivity index (χ0n) is 12.0. The molecule has 0 spiro atoms. The standard InChI is InChI=1S/C14H20N2O3S.ClH/c1-19-14(18)6-8-20-10-11-3-2-4-12(9-11)16-13(17)5-7-15;/h2-4,9H,5-8,10,15H2,1H3,(H,16,17);1H. The molecule has 0 saturated carbocycles. The van der Waals surface area contributed by atoms with Crippen LogP contribution in [0, 0.1) is 0 Å². The maximum absolute atomic E-state index is 11.4. The number of nitrogens with two attached hydrogens (primary N) is 1. The zero-order chi connectivity index (χ0) is 14.8. The zero-order valence-corrected chi connectivity index (χ0v) is 13.6.